The van der Waals surface area contributed by atoms with Crippen molar-refractivity contribution < 1.29 is 0 Å². The first-order valence-electron chi connectivity index (χ1n) is 9.61. The van der Waals surface area contributed by atoms with E-state index in [2.05, 4.69) is 20.0 Å². The van der Waals surface area contributed by atoms with Gasteiger partial charge in [0.1, 0.15) is 17.0 Å². The lowest BCUT2D eigenvalue weighted by atomic mass is 10.2. The van der Waals surface area contributed by atoms with Crippen LogP contribution in [0.5, 0.6) is 0 Å². The summed E-state index contributed by atoms with van der Waals surface area (Å²) in [4.78, 5) is 48.5. The molecule has 4 rings (SSSR count). The van der Waals surface area contributed by atoms with Gasteiger partial charge in [-0.05, 0) is 0 Å². The van der Waals surface area contributed by atoms with Gasteiger partial charge in [-0.15, -0.1) is 0 Å². The van der Waals surface area contributed by atoms with E-state index in [9.17, 15) is 14.4 Å². The number of aromatic nitrogens is 6. The van der Waals surface area contributed by atoms with E-state index >= 15 is 0 Å². The first-order valence-corrected chi connectivity index (χ1v) is 9.99. The van der Waals surface area contributed by atoms with Crippen LogP contribution in [0.4, 0.5) is 5.69 Å². The second kappa shape index (κ2) is 7.73. The molecule has 1 fully saturated rings. The van der Waals surface area contributed by atoms with Crippen LogP contribution in [0.2, 0.25) is 5.02 Å². The summed E-state index contributed by atoms with van der Waals surface area (Å²) in [5.74, 6) is 0.664. The zero-order valence-corrected chi connectivity index (χ0v) is 17.8. The molecular weight excluding hydrogens is 412 g/mol. The molecule has 0 spiro atoms. The molecule has 3 aromatic heterocycles. The fourth-order valence-corrected chi connectivity index (χ4v) is 3.99. The number of halogens is 1. The highest BCUT2D eigenvalue weighted by Gasteiger charge is 2.22. The van der Waals surface area contributed by atoms with Gasteiger partial charge in [0.05, 0.1) is 11.2 Å². The maximum absolute atomic E-state index is 12.4. The molecular formula is C18H23ClN8O3. The van der Waals surface area contributed by atoms with Crippen LogP contribution >= 0.6 is 11.6 Å². The number of anilines is 1. The van der Waals surface area contributed by atoms with E-state index in [-0.39, 0.29) is 11.1 Å². The van der Waals surface area contributed by atoms with E-state index in [1.807, 2.05) is 4.90 Å². The monoisotopic (exact) mass is 434 g/mol. The average molecular weight is 435 g/mol. The molecule has 11 nitrogen and oxygen atoms in total. The highest BCUT2D eigenvalue weighted by molar-refractivity contribution is 6.33. The molecule has 0 aromatic carbocycles. The third-order valence-electron chi connectivity index (χ3n) is 5.56. The Morgan fingerprint density at radius 1 is 1.03 bits per heavy atom. The Hall–Kier alpha value is -2.92. The van der Waals surface area contributed by atoms with Crippen molar-refractivity contribution >= 4 is 28.5 Å². The number of rotatable bonds is 4. The molecule has 3 aromatic rings. The Balaban J connectivity index is 1.44. The predicted octanol–water partition coefficient (Wildman–Crippen LogP) is -0.928. The van der Waals surface area contributed by atoms with Gasteiger partial charge in [0, 0.05) is 60.3 Å². The minimum atomic E-state index is -0.400. The fraction of sp³-hybridized carbons (Fsp3) is 0.500. The van der Waals surface area contributed by atoms with Gasteiger partial charge in [-0.3, -0.25) is 23.6 Å². The van der Waals surface area contributed by atoms with Crippen LogP contribution < -0.4 is 21.7 Å². The van der Waals surface area contributed by atoms with Crippen LogP contribution in [-0.4, -0.2) is 66.5 Å². The van der Waals surface area contributed by atoms with E-state index in [1.54, 1.807) is 14.1 Å². The van der Waals surface area contributed by atoms with Gasteiger partial charge in [0.2, 0.25) is 0 Å². The van der Waals surface area contributed by atoms with Crippen molar-refractivity contribution in [2.75, 3.05) is 37.6 Å². The number of aromatic amines is 1. The summed E-state index contributed by atoms with van der Waals surface area (Å²) in [6.45, 7) is 3.62. The molecule has 0 saturated carbocycles. The smallest absolute Gasteiger partial charge is 0.332 e. The van der Waals surface area contributed by atoms with Crippen LogP contribution in [-0.2, 0) is 27.6 Å². The number of piperazine rings is 1. The van der Waals surface area contributed by atoms with Crippen LogP contribution in [0.15, 0.2) is 20.6 Å². The van der Waals surface area contributed by atoms with Gasteiger partial charge in [-0.25, -0.2) is 14.5 Å². The van der Waals surface area contributed by atoms with Crippen molar-refractivity contribution in [2.24, 2.45) is 21.1 Å². The van der Waals surface area contributed by atoms with Gasteiger partial charge in [0.25, 0.3) is 11.1 Å². The Labute approximate surface area is 176 Å². The minimum absolute atomic E-state index is 0.203. The molecule has 0 atom stereocenters. The number of hydrogen-bond acceptors (Lipinski definition) is 7. The molecule has 0 unspecified atom stereocenters. The SMILES string of the molecule is Cn1ncc(Cl)c(N2CCN(CCc3nc4c([nH]3)c(=O)n(C)c(=O)n4C)CC2)c1=O. The predicted molar refractivity (Wildman–Crippen MR) is 113 cm³/mol. The second-order valence-electron chi connectivity index (χ2n) is 7.44. The van der Waals surface area contributed by atoms with Crippen LogP contribution in [0.1, 0.15) is 5.82 Å². The summed E-state index contributed by atoms with van der Waals surface area (Å²) in [6.07, 6.45) is 2.10. The Kier molecular flexibility index (Phi) is 5.24. The third kappa shape index (κ3) is 3.43. The number of hydrogen-bond donors (Lipinski definition) is 1. The number of fused-ring (bicyclic) bond motifs is 1. The standard InChI is InChI=1S/C18H23ClN8O3/c1-23-15-13(16(28)24(2)18(23)30)21-12(22-15)4-5-26-6-8-27(9-7-26)14-11(19)10-20-25(3)17(14)29/h10H,4-9H2,1-3H3,(H,21,22). The van der Waals surface area contributed by atoms with Crippen molar-refractivity contribution in [3.8, 4) is 0 Å². The number of H-pyrrole nitrogens is 1. The van der Waals surface area contributed by atoms with Crippen molar-refractivity contribution in [3.05, 3.63) is 48.2 Å². The number of nitrogens with zero attached hydrogens (tertiary/aromatic N) is 7. The molecule has 1 N–H and O–H groups in total. The van der Waals surface area contributed by atoms with Crippen molar-refractivity contribution in [2.45, 2.75) is 6.42 Å². The van der Waals surface area contributed by atoms with Gasteiger partial charge in [0.15, 0.2) is 5.65 Å². The van der Waals surface area contributed by atoms with Gasteiger partial charge < -0.3 is 9.88 Å². The summed E-state index contributed by atoms with van der Waals surface area (Å²) < 4.78 is 3.72. The zero-order chi connectivity index (χ0) is 21.6. The lowest BCUT2D eigenvalue weighted by Crippen LogP contribution is -2.49. The highest BCUT2D eigenvalue weighted by Crippen LogP contribution is 2.21. The quantitative estimate of drug-likeness (QED) is 0.564. The molecule has 0 aliphatic carbocycles. The fourth-order valence-electron chi connectivity index (χ4n) is 3.74. The molecule has 160 valence electrons. The van der Waals surface area contributed by atoms with Crippen LogP contribution in [0.3, 0.4) is 0 Å². The zero-order valence-electron chi connectivity index (χ0n) is 17.1. The summed E-state index contributed by atoms with van der Waals surface area (Å²) in [5.41, 5.74) is 0.209. The molecule has 4 heterocycles. The van der Waals surface area contributed by atoms with Crippen LogP contribution in [0, 0.1) is 0 Å². The number of nitrogens with one attached hydrogen (secondary N) is 1. The highest BCUT2D eigenvalue weighted by atomic mass is 35.5. The lowest BCUT2D eigenvalue weighted by Gasteiger charge is -2.35. The Morgan fingerprint density at radius 2 is 1.73 bits per heavy atom. The van der Waals surface area contributed by atoms with E-state index in [0.29, 0.717) is 47.2 Å². The van der Waals surface area contributed by atoms with E-state index in [0.717, 1.165) is 24.2 Å². The Morgan fingerprint density at radius 3 is 2.43 bits per heavy atom. The number of imidazole rings is 1. The molecule has 1 saturated heterocycles. The summed E-state index contributed by atoms with van der Waals surface area (Å²) in [7, 11) is 4.66. The van der Waals surface area contributed by atoms with E-state index in [1.165, 1.54) is 22.5 Å². The van der Waals surface area contributed by atoms with E-state index < -0.39 is 5.69 Å². The largest absolute Gasteiger partial charge is 0.363 e. The van der Waals surface area contributed by atoms with Crippen LogP contribution in [0.25, 0.3) is 11.2 Å². The summed E-state index contributed by atoms with van der Waals surface area (Å²) >= 11 is 6.20. The van der Waals surface area contributed by atoms with Gasteiger partial charge >= 0.3 is 5.69 Å². The van der Waals surface area contributed by atoms with Gasteiger partial charge in [-0.1, -0.05) is 11.6 Å². The maximum Gasteiger partial charge on any atom is 0.332 e. The molecule has 0 bridgehead atoms. The molecule has 1 aliphatic rings. The molecule has 0 amide bonds. The number of aryl methyl sites for hydroxylation is 2. The second-order valence-corrected chi connectivity index (χ2v) is 7.84. The Bertz CT molecular complexity index is 1280. The first-order chi connectivity index (χ1) is 14.3. The van der Waals surface area contributed by atoms with Crippen molar-refractivity contribution in [1.29, 1.82) is 0 Å². The van der Waals surface area contributed by atoms with Gasteiger partial charge in [-0.2, -0.15) is 5.10 Å². The first kappa shape index (κ1) is 20.4. The van der Waals surface area contributed by atoms with E-state index in [4.69, 9.17) is 11.6 Å². The minimum Gasteiger partial charge on any atom is -0.363 e. The molecule has 1 aliphatic heterocycles. The summed E-state index contributed by atoms with van der Waals surface area (Å²) in [5, 5.41) is 4.29. The molecule has 0 radical (unpaired) electrons. The summed E-state index contributed by atoms with van der Waals surface area (Å²) in [6, 6.07) is 0. The molecule has 12 heteroatoms. The normalized spacial score (nSPS) is 15.3. The topological polar surface area (TPSA) is 114 Å². The lowest BCUT2D eigenvalue weighted by molar-refractivity contribution is 0.259. The van der Waals surface area contributed by atoms with Crippen molar-refractivity contribution in [3.63, 3.8) is 0 Å². The maximum atomic E-state index is 12.4. The van der Waals surface area contributed by atoms with Crippen molar-refractivity contribution in [1.82, 2.24) is 33.8 Å². The molecule has 30 heavy (non-hydrogen) atoms. The average Bonchev–Trinajstić information content (AvgIpc) is 3.18. The third-order valence-corrected chi connectivity index (χ3v) is 5.84.